The van der Waals surface area contributed by atoms with E-state index in [0.29, 0.717) is 0 Å². The van der Waals surface area contributed by atoms with Crippen LogP contribution in [0.5, 0.6) is 0 Å². The molecule has 0 saturated carbocycles. The van der Waals surface area contributed by atoms with Gasteiger partial charge in [0.2, 0.25) is 0 Å². The number of aliphatic hydroxyl groups excluding tert-OH is 1. The molecule has 1 aromatic rings. The molecule has 2 rings (SSSR count). The number of hydrogen-bond donors (Lipinski definition) is 2. The molecule has 0 amide bonds. The minimum atomic E-state index is -0.905. The van der Waals surface area contributed by atoms with Gasteiger partial charge in [-0.05, 0) is 50.0 Å². The Morgan fingerprint density at radius 2 is 1.94 bits per heavy atom. The summed E-state index contributed by atoms with van der Waals surface area (Å²) in [6.45, 7) is 1.64. The molecule has 0 bridgehead atoms. The van der Waals surface area contributed by atoms with Crippen LogP contribution in [0.25, 0.3) is 0 Å². The first-order valence-electron chi connectivity index (χ1n) is 5.52. The predicted molar refractivity (Wildman–Crippen MR) is 56.9 cm³/mol. The van der Waals surface area contributed by atoms with Crippen LogP contribution >= 0.6 is 0 Å². The van der Waals surface area contributed by atoms with E-state index in [-0.39, 0.29) is 11.5 Å². The summed E-state index contributed by atoms with van der Waals surface area (Å²) >= 11 is 0. The Hall–Kier alpha value is -1.00. The normalized spacial score (nSPS) is 19.7. The second-order valence-electron chi connectivity index (χ2n) is 4.20. The minimum Gasteiger partial charge on any atom is -0.388 e. The van der Waals surface area contributed by atoms with Crippen molar-refractivity contribution in [2.45, 2.75) is 18.9 Å². The number of hydrogen-bond acceptors (Lipinski definition) is 2. The van der Waals surface area contributed by atoms with Gasteiger partial charge in [-0.25, -0.2) is 8.78 Å². The summed E-state index contributed by atoms with van der Waals surface area (Å²) in [6, 6.07) is 3.21. The van der Waals surface area contributed by atoms with E-state index in [9.17, 15) is 13.9 Å². The molecule has 1 aliphatic heterocycles. The summed E-state index contributed by atoms with van der Waals surface area (Å²) in [6.07, 6.45) is 0.673. The quantitative estimate of drug-likeness (QED) is 0.810. The summed E-state index contributed by atoms with van der Waals surface area (Å²) in [5.74, 6) is -1.03. The monoisotopic (exact) mass is 227 g/mol. The van der Waals surface area contributed by atoms with Crippen LogP contribution in [0.1, 0.15) is 24.5 Å². The van der Waals surface area contributed by atoms with Crippen molar-refractivity contribution in [1.82, 2.24) is 5.32 Å². The van der Waals surface area contributed by atoms with Gasteiger partial charge in [0.05, 0.1) is 6.10 Å². The fraction of sp³-hybridized carbons (Fsp3) is 0.500. The van der Waals surface area contributed by atoms with Crippen LogP contribution in [-0.2, 0) is 0 Å². The van der Waals surface area contributed by atoms with Gasteiger partial charge in [-0.3, -0.25) is 0 Å². The lowest BCUT2D eigenvalue weighted by Gasteiger charge is -2.27. The van der Waals surface area contributed by atoms with Crippen molar-refractivity contribution in [2.75, 3.05) is 13.1 Å². The second kappa shape index (κ2) is 4.89. The molecule has 1 saturated heterocycles. The maximum atomic E-state index is 13.4. The Morgan fingerprint density at radius 1 is 1.25 bits per heavy atom. The molecule has 0 aromatic heterocycles. The molecule has 2 N–H and O–H groups in total. The molecule has 1 aromatic carbocycles. The standard InChI is InChI=1S/C12H15F2NO/c13-9-1-2-11(14)10(7-9)12(16)8-3-5-15-6-4-8/h1-2,7-8,12,15-16H,3-6H2/t12-/m1/s1. The molecule has 1 atom stereocenters. The highest BCUT2D eigenvalue weighted by atomic mass is 19.1. The van der Waals surface area contributed by atoms with E-state index in [1.807, 2.05) is 0 Å². The van der Waals surface area contributed by atoms with Crippen LogP contribution in [0.3, 0.4) is 0 Å². The van der Waals surface area contributed by atoms with Crippen molar-refractivity contribution in [1.29, 1.82) is 0 Å². The van der Waals surface area contributed by atoms with Gasteiger partial charge in [-0.15, -0.1) is 0 Å². The summed E-state index contributed by atoms with van der Waals surface area (Å²) in [7, 11) is 0. The average Bonchev–Trinajstić information content (AvgIpc) is 2.32. The Morgan fingerprint density at radius 3 is 2.62 bits per heavy atom. The first-order chi connectivity index (χ1) is 7.68. The lowest BCUT2D eigenvalue weighted by Crippen LogP contribution is -2.31. The van der Waals surface area contributed by atoms with Crippen molar-refractivity contribution in [3.8, 4) is 0 Å². The van der Waals surface area contributed by atoms with Crippen molar-refractivity contribution in [3.63, 3.8) is 0 Å². The molecular weight excluding hydrogens is 212 g/mol. The highest BCUT2D eigenvalue weighted by Gasteiger charge is 2.25. The lowest BCUT2D eigenvalue weighted by molar-refractivity contribution is 0.0853. The zero-order valence-electron chi connectivity index (χ0n) is 8.92. The van der Waals surface area contributed by atoms with Crippen molar-refractivity contribution >= 4 is 0 Å². The van der Waals surface area contributed by atoms with Crippen LogP contribution in [0.2, 0.25) is 0 Å². The molecule has 0 unspecified atom stereocenters. The van der Waals surface area contributed by atoms with Crippen LogP contribution in [0.15, 0.2) is 18.2 Å². The largest absolute Gasteiger partial charge is 0.388 e. The molecule has 4 heteroatoms. The number of nitrogens with one attached hydrogen (secondary N) is 1. The maximum absolute atomic E-state index is 13.4. The Kier molecular flexibility index (Phi) is 3.51. The number of piperidine rings is 1. The molecule has 0 spiro atoms. The topological polar surface area (TPSA) is 32.3 Å². The van der Waals surface area contributed by atoms with E-state index in [2.05, 4.69) is 5.32 Å². The number of benzene rings is 1. The number of halogens is 2. The first-order valence-corrected chi connectivity index (χ1v) is 5.52. The van der Waals surface area contributed by atoms with Gasteiger partial charge >= 0.3 is 0 Å². The van der Waals surface area contributed by atoms with Gasteiger partial charge < -0.3 is 10.4 Å². The van der Waals surface area contributed by atoms with E-state index >= 15 is 0 Å². The minimum absolute atomic E-state index is 0.0116. The lowest BCUT2D eigenvalue weighted by atomic mass is 9.88. The smallest absolute Gasteiger partial charge is 0.129 e. The van der Waals surface area contributed by atoms with E-state index in [4.69, 9.17) is 0 Å². The zero-order chi connectivity index (χ0) is 11.5. The zero-order valence-corrected chi connectivity index (χ0v) is 8.92. The fourth-order valence-corrected chi connectivity index (χ4v) is 2.16. The molecular formula is C12H15F2NO. The van der Waals surface area contributed by atoms with Crippen molar-refractivity contribution in [3.05, 3.63) is 35.4 Å². The van der Waals surface area contributed by atoms with Gasteiger partial charge in [0.25, 0.3) is 0 Å². The van der Waals surface area contributed by atoms with E-state index in [1.54, 1.807) is 0 Å². The molecule has 0 aliphatic carbocycles. The summed E-state index contributed by atoms with van der Waals surface area (Å²) < 4.78 is 26.4. The van der Waals surface area contributed by atoms with Crippen LogP contribution in [-0.4, -0.2) is 18.2 Å². The summed E-state index contributed by atoms with van der Waals surface area (Å²) in [5.41, 5.74) is 0.0758. The van der Waals surface area contributed by atoms with E-state index in [1.165, 1.54) is 0 Å². The third-order valence-electron chi connectivity index (χ3n) is 3.11. The van der Waals surface area contributed by atoms with Gasteiger partial charge in [0.15, 0.2) is 0 Å². The molecule has 1 aliphatic rings. The second-order valence-corrected chi connectivity index (χ2v) is 4.20. The van der Waals surface area contributed by atoms with Gasteiger partial charge in [0, 0.05) is 5.56 Å². The third-order valence-corrected chi connectivity index (χ3v) is 3.11. The molecule has 88 valence electrons. The summed E-state index contributed by atoms with van der Waals surface area (Å²) in [5, 5.41) is 13.2. The fourth-order valence-electron chi connectivity index (χ4n) is 2.16. The first kappa shape index (κ1) is 11.5. The molecule has 2 nitrogen and oxygen atoms in total. The van der Waals surface area contributed by atoms with Crippen molar-refractivity contribution < 1.29 is 13.9 Å². The van der Waals surface area contributed by atoms with Crippen molar-refractivity contribution in [2.24, 2.45) is 5.92 Å². The number of aliphatic hydroxyl groups is 1. The third kappa shape index (κ3) is 2.39. The SMILES string of the molecule is O[C@@H](c1cc(F)ccc1F)C1CCNCC1. The van der Waals surface area contributed by atoms with Crippen LogP contribution in [0, 0.1) is 17.6 Å². The van der Waals surface area contributed by atoms with Gasteiger partial charge in [0.1, 0.15) is 11.6 Å². The highest BCUT2D eigenvalue weighted by Crippen LogP contribution is 2.30. The molecule has 0 radical (unpaired) electrons. The van der Waals surface area contributed by atoms with Gasteiger partial charge in [-0.1, -0.05) is 0 Å². The maximum Gasteiger partial charge on any atom is 0.129 e. The molecule has 1 fully saturated rings. The molecule has 16 heavy (non-hydrogen) atoms. The highest BCUT2D eigenvalue weighted by molar-refractivity contribution is 5.21. The average molecular weight is 227 g/mol. The number of rotatable bonds is 2. The Labute approximate surface area is 93.3 Å². The van der Waals surface area contributed by atoms with Gasteiger partial charge in [-0.2, -0.15) is 0 Å². The van der Waals surface area contributed by atoms with E-state index in [0.717, 1.165) is 44.1 Å². The van der Waals surface area contributed by atoms with Crippen LogP contribution in [0.4, 0.5) is 8.78 Å². The Bertz CT molecular complexity index is 364. The molecule has 1 heterocycles. The van der Waals surface area contributed by atoms with Crippen LogP contribution < -0.4 is 5.32 Å². The van der Waals surface area contributed by atoms with E-state index < -0.39 is 17.7 Å². The Balaban J connectivity index is 2.18. The predicted octanol–water partition coefficient (Wildman–Crippen LogP) is 2.00. The summed E-state index contributed by atoms with van der Waals surface area (Å²) in [4.78, 5) is 0.